The van der Waals surface area contributed by atoms with Crippen molar-refractivity contribution in [1.29, 1.82) is 0 Å². The van der Waals surface area contributed by atoms with E-state index >= 15 is 0 Å². The van der Waals surface area contributed by atoms with Gasteiger partial charge in [0.25, 0.3) is 0 Å². The molecule has 98 valence electrons. The molecule has 4 heteroatoms. The second-order valence-electron chi connectivity index (χ2n) is 6.30. The molecule has 2 aliphatic heterocycles. The summed E-state index contributed by atoms with van der Waals surface area (Å²) >= 11 is 0. The van der Waals surface area contributed by atoms with Crippen LogP contribution < -0.4 is 0 Å². The fourth-order valence-corrected chi connectivity index (χ4v) is 2.93. The highest BCUT2D eigenvalue weighted by Gasteiger charge is 2.39. The van der Waals surface area contributed by atoms with Crippen molar-refractivity contribution in [2.45, 2.75) is 32.8 Å². The number of piperidine rings is 1. The maximum Gasteiger partial charge on any atom is 0.227 e. The standard InChI is InChI=1S/C13H24N2O2/c1-13(2)9-15(7-5-11(13)16)12(17)10-4-6-14(3)8-10/h10-11,16H,4-9H2,1-3H3. The maximum absolute atomic E-state index is 12.4. The third kappa shape index (κ3) is 2.63. The highest BCUT2D eigenvalue weighted by atomic mass is 16.3. The molecule has 0 spiro atoms. The largest absolute Gasteiger partial charge is 0.392 e. The first-order valence-electron chi connectivity index (χ1n) is 6.55. The number of aliphatic hydroxyl groups is 1. The lowest BCUT2D eigenvalue weighted by atomic mass is 9.81. The Morgan fingerprint density at radius 2 is 2.00 bits per heavy atom. The highest BCUT2D eigenvalue weighted by Crippen LogP contribution is 2.30. The first kappa shape index (κ1) is 12.8. The lowest BCUT2D eigenvalue weighted by molar-refractivity contribution is -0.141. The molecular weight excluding hydrogens is 216 g/mol. The molecule has 1 amide bonds. The first-order chi connectivity index (χ1) is 7.90. The predicted octanol–water partition coefficient (Wildman–Crippen LogP) is 0.557. The van der Waals surface area contributed by atoms with Crippen LogP contribution in [0.3, 0.4) is 0 Å². The van der Waals surface area contributed by atoms with Crippen LogP contribution in [0.25, 0.3) is 0 Å². The summed E-state index contributed by atoms with van der Waals surface area (Å²) in [6, 6.07) is 0. The Morgan fingerprint density at radius 3 is 2.53 bits per heavy atom. The molecular formula is C13H24N2O2. The summed E-state index contributed by atoms with van der Waals surface area (Å²) in [7, 11) is 2.07. The highest BCUT2D eigenvalue weighted by molar-refractivity contribution is 5.79. The molecule has 17 heavy (non-hydrogen) atoms. The Balaban J connectivity index is 1.97. The van der Waals surface area contributed by atoms with Gasteiger partial charge in [0.15, 0.2) is 0 Å². The van der Waals surface area contributed by atoms with Gasteiger partial charge in [-0.2, -0.15) is 0 Å². The molecule has 2 fully saturated rings. The minimum absolute atomic E-state index is 0.168. The van der Waals surface area contributed by atoms with E-state index in [1.54, 1.807) is 0 Å². The van der Waals surface area contributed by atoms with Gasteiger partial charge in [-0.25, -0.2) is 0 Å². The molecule has 0 radical (unpaired) electrons. The van der Waals surface area contributed by atoms with Crippen LogP contribution in [-0.2, 0) is 4.79 Å². The number of aliphatic hydroxyl groups excluding tert-OH is 1. The zero-order valence-corrected chi connectivity index (χ0v) is 11.1. The number of amides is 1. The molecule has 2 atom stereocenters. The zero-order valence-electron chi connectivity index (χ0n) is 11.1. The van der Waals surface area contributed by atoms with Gasteiger partial charge < -0.3 is 14.9 Å². The number of rotatable bonds is 1. The molecule has 2 saturated heterocycles. The average molecular weight is 240 g/mol. The van der Waals surface area contributed by atoms with E-state index < -0.39 is 0 Å². The SMILES string of the molecule is CN1CCC(C(=O)N2CCC(O)C(C)(C)C2)C1. The van der Waals surface area contributed by atoms with Crippen LogP contribution in [0.2, 0.25) is 0 Å². The van der Waals surface area contributed by atoms with E-state index in [4.69, 9.17) is 0 Å². The second-order valence-corrected chi connectivity index (χ2v) is 6.30. The fraction of sp³-hybridized carbons (Fsp3) is 0.923. The number of hydrogen-bond acceptors (Lipinski definition) is 3. The molecule has 0 aromatic heterocycles. The summed E-state index contributed by atoms with van der Waals surface area (Å²) < 4.78 is 0. The van der Waals surface area contributed by atoms with E-state index in [1.165, 1.54) is 0 Å². The smallest absolute Gasteiger partial charge is 0.227 e. The molecule has 1 N–H and O–H groups in total. The van der Waals surface area contributed by atoms with Gasteiger partial charge >= 0.3 is 0 Å². The van der Waals surface area contributed by atoms with Crippen molar-refractivity contribution < 1.29 is 9.90 Å². The van der Waals surface area contributed by atoms with E-state index in [1.807, 2.05) is 18.7 Å². The van der Waals surface area contributed by atoms with E-state index in [0.29, 0.717) is 19.5 Å². The van der Waals surface area contributed by atoms with Crippen LogP contribution in [0.5, 0.6) is 0 Å². The van der Waals surface area contributed by atoms with Gasteiger partial charge in [0, 0.05) is 25.0 Å². The van der Waals surface area contributed by atoms with Gasteiger partial charge in [0.1, 0.15) is 0 Å². The summed E-state index contributed by atoms with van der Waals surface area (Å²) in [5.74, 6) is 0.459. The Kier molecular flexibility index (Phi) is 3.46. The minimum Gasteiger partial charge on any atom is -0.392 e. The quantitative estimate of drug-likeness (QED) is 0.728. The van der Waals surface area contributed by atoms with Crippen molar-refractivity contribution in [3.8, 4) is 0 Å². The van der Waals surface area contributed by atoms with Gasteiger partial charge in [-0.05, 0) is 26.4 Å². The maximum atomic E-state index is 12.4. The van der Waals surface area contributed by atoms with Crippen molar-refractivity contribution in [2.24, 2.45) is 11.3 Å². The summed E-state index contributed by atoms with van der Waals surface area (Å²) in [5.41, 5.74) is -0.168. The Morgan fingerprint density at radius 1 is 1.29 bits per heavy atom. The van der Waals surface area contributed by atoms with Gasteiger partial charge in [-0.1, -0.05) is 13.8 Å². The zero-order chi connectivity index (χ0) is 12.6. The van der Waals surface area contributed by atoms with Crippen LogP contribution in [-0.4, -0.2) is 60.1 Å². The molecule has 0 saturated carbocycles. The molecule has 2 unspecified atom stereocenters. The van der Waals surface area contributed by atoms with Gasteiger partial charge in [-0.3, -0.25) is 4.79 Å². The fourth-order valence-electron chi connectivity index (χ4n) is 2.93. The predicted molar refractivity (Wildman–Crippen MR) is 66.6 cm³/mol. The van der Waals surface area contributed by atoms with Crippen LogP contribution in [0.15, 0.2) is 0 Å². The van der Waals surface area contributed by atoms with Crippen LogP contribution in [0.4, 0.5) is 0 Å². The van der Waals surface area contributed by atoms with Gasteiger partial charge in [0.05, 0.1) is 12.0 Å². The first-order valence-corrected chi connectivity index (χ1v) is 6.55. The minimum atomic E-state index is -0.280. The van der Waals surface area contributed by atoms with Crippen molar-refractivity contribution >= 4 is 5.91 Å². The van der Waals surface area contributed by atoms with Crippen molar-refractivity contribution in [3.63, 3.8) is 0 Å². The molecule has 2 heterocycles. The Labute approximate surface area is 104 Å². The Bertz CT molecular complexity index is 304. The lowest BCUT2D eigenvalue weighted by Crippen LogP contribution is -2.52. The summed E-state index contributed by atoms with van der Waals surface area (Å²) in [5, 5.41) is 9.90. The molecule has 0 aromatic rings. The van der Waals surface area contributed by atoms with Crippen LogP contribution >= 0.6 is 0 Å². The van der Waals surface area contributed by atoms with Crippen molar-refractivity contribution in [1.82, 2.24) is 9.80 Å². The molecule has 4 nitrogen and oxygen atoms in total. The van der Waals surface area contributed by atoms with E-state index in [-0.39, 0.29) is 23.3 Å². The lowest BCUT2D eigenvalue weighted by Gasteiger charge is -2.42. The molecule has 0 aromatic carbocycles. The number of likely N-dealkylation sites (tertiary alicyclic amines) is 2. The van der Waals surface area contributed by atoms with Crippen LogP contribution in [0.1, 0.15) is 26.7 Å². The second kappa shape index (κ2) is 4.58. The van der Waals surface area contributed by atoms with E-state index in [9.17, 15) is 9.90 Å². The van der Waals surface area contributed by atoms with Gasteiger partial charge in [0.2, 0.25) is 5.91 Å². The summed E-state index contributed by atoms with van der Waals surface area (Å²) in [4.78, 5) is 16.5. The average Bonchev–Trinajstić information content (AvgIpc) is 2.68. The van der Waals surface area contributed by atoms with Crippen LogP contribution in [0, 0.1) is 11.3 Å². The van der Waals surface area contributed by atoms with Gasteiger partial charge in [-0.15, -0.1) is 0 Å². The summed E-state index contributed by atoms with van der Waals surface area (Å²) in [6.07, 6.45) is 1.41. The van der Waals surface area contributed by atoms with E-state index in [2.05, 4.69) is 11.9 Å². The summed E-state index contributed by atoms with van der Waals surface area (Å²) in [6.45, 7) is 7.39. The third-order valence-electron chi connectivity index (χ3n) is 4.23. The molecule has 0 aliphatic carbocycles. The number of hydrogen-bond donors (Lipinski definition) is 1. The van der Waals surface area contributed by atoms with Crippen molar-refractivity contribution in [2.75, 3.05) is 33.2 Å². The molecule has 2 rings (SSSR count). The third-order valence-corrected chi connectivity index (χ3v) is 4.23. The topological polar surface area (TPSA) is 43.8 Å². The number of carbonyl (C=O) groups is 1. The molecule has 0 bridgehead atoms. The van der Waals surface area contributed by atoms with E-state index in [0.717, 1.165) is 19.5 Å². The number of carbonyl (C=O) groups excluding carboxylic acids is 1. The number of nitrogens with zero attached hydrogens (tertiary/aromatic N) is 2. The van der Waals surface area contributed by atoms with Crippen molar-refractivity contribution in [3.05, 3.63) is 0 Å². The molecule has 2 aliphatic rings. The normalized spacial score (nSPS) is 34.0. The Hall–Kier alpha value is -0.610. The monoisotopic (exact) mass is 240 g/mol.